The summed E-state index contributed by atoms with van der Waals surface area (Å²) in [5.74, 6) is -2.25. The number of rotatable bonds is 4. The molecule has 0 radical (unpaired) electrons. The van der Waals surface area contributed by atoms with Crippen molar-refractivity contribution in [3.8, 4) is 0 Å². The summed E-state index contributed by atoms with van der Waals surface area (Å²) in [5.41, 5.74) is 5.04. The zero-order valence-corrected chi connectivity index (χ0v) is 11.6. The molecule has 1 aromatic heterocycles. The van der Waals surface area contributed by atoms with Crippen molar-refractivity contribution in [2.75, 3.05) is 6.54 Å². The number of carbonyl (C=O) groups is 3. The number of carboxylic acids is 1. The molecule has 1 saturated heterocycles. The third-order valence-corrected chi connectivity index (χ3v) is 3.52. The fourth-order valence-electron chi connectivity index (χ4n) is 2.57. The number of primary amides is 1. The van der Waals surface area contributed by atoms with Crippen LogP contribution in [0.5, 0.6) is 0 Å². The Balaban J connectivity index is 2.19. The summed E-state index contributed by atoms with van der Waals surface area (Å²) in [6.45, 7) is 1.99. The van der Waals surface area contributed by atoms with Gasteiger partial charge in [0.15, 0.2) is 5.69 Å². The molecule has 1 aliphatic rings. The van der Waals surface area contributed by atoms with Gasteiger partial charge in [0.05, 0.1) is 6.20 Å². The highest BCUT2D eigenvalue weighted by atomic mass is 16.4. The molecule has 9 heteroatoms. The predicted molar refractivity (Wildman–Crippen MR) is 70.1 cm³/mol. The van der Waals surface area contributed by atoms with E-state index >= 15 is 0 Å². The number of carbonyl (C=O) groups excluding carboxylic acids is 2. The van der Waals surface area contributed by atoms with Gasteiger partial charge in [-0.3, -0.25) is 9.59 Å². The summed E-state index contributed by atoms with van der Waals surface area (Å²) in [4.78, 5) is 35.9. The number of amides is 2. The summed E-state index contributed by atoms with van der Waals surface area (Å²) in [7, 11) is 0. The van der Waals surface area contributed by atoms with Crippen molar-refractivity contribution >= 4 is 17.8 Å². The Kier molecular flexibility index (Phi) is 4.20. The van der Waals surface area contributed by atoms with Gasteiger partial charge >= 0.3 is 5.97 Å². The van der Waals surface area contributed by atoms with Crippen LogP contribution < -0.4 is 5.73 Å². The number of carboxylic acid groups (broad SMARTS) is 1. The lowest BCUT2D eigenvalue weighted by atomic mass is 9.90. The molecule has 0 spiro atoms. The molecule has 114 valence electrons. The first-order valence-corrected chi connectivity index (χ1v) is 6.62. The monoisotopic (exact) mass is 295 g/mol. The minimum Gasteiger partial charge on any atom is -0.480 e. The van der Waals surface area contributed by atoms with E-state index in [0.717, 1.165) is 17.5 Å². The van der Waals surface area contributed by atoms with Crippen molar-refractivity contribution in [3.63, 3.8) is 0 Å². The molecular formula is C12H17N5O4. The van der Waals surface area contributed by atoms with Crippen LogP contribution in [0.2, 0.25) is 0 Å². The minimum absolute atomic E-state index is 0.0107. The Morgan fingerprint density at radius 1 is 1.48 bits per heavy atom. The van der Waals surface area contributed by atoms with Crippen molar-refractivity contribution in [3.05, 3.63) is 11.9 Å². The molecule has 0 bridgehead atoms. The van der Waals surface area contributed by atoms with Gasteiger partial charge in [-0.15, -0.1) is 5.10 Å². The smallest absolute Gasteiger partial charge is 0.326 e. The van der Waals surface area contributed by atoms with Gasteiger partial charge in [-0.2, -0.15) is 0 Å². The van der Waals surface area contributed by atoms with E-state index < -0.39 is 23.8 Å². The molecule has 2 heterocycles. The SMILES string of the molecule is CC1CCCN(C(=O)c2cn(CC(N)=O)nn2)C1C(=O)O. The summed E-state index contributed by atoms with van der Waals surface area (Å²) >= 11 is 0. The maximum absolute atomic E-state index is 12.4. The molecule has 2 rings (SSSR count). The Hall–Kier alpha value is -2.45. The lowest BCUT2D eigenvalue weighted by molar-refractivity contribution is -0.145. The zero-order chi connectivity index (χ0) is 15.6. The third-order valence-electron chi connectivity index (χ3n) is 3.52. The third kappa shape index (κ3) is 3.18. The lowest BCUT2D eigenvalue weighted by Gasteiger charge is -2.36. The van der Waals surface area contributed by atoms with Crippen molar-refractivity contribution in [2.45, 2.75) is 32.4 Å². The van der Waals surface area contributed by atoms with Gasteiger partial charge in [0.25, 0.3) is 5.91 Å². The number of nitrogens with two attached hydrogens (primary N) is 1. The van der Waals surface area contributed by atoms with E-state index in [4.69, 9.17) is 5.73 Å². The van der Waals surface area contributed by atoms with Crippen LogP contribution in [-0.4, -0.2) is 55.4 Å². The maximum Gasteiger partial charge on any atom is 0.326 e. The van der Waals surface area contributed by atoms with E-state index in [1.807, 2.05) is 6.92 Å². The summed E-state index contributed by atoms with van der Waals surface area (Å²) in [6.07, 6.45) is 2.80. The number of likely N-dealkylation sites (tertiary alicyclic amines) is 1. The molecule has 2 amide bonds. The van der Waals surface area contributed by atoms with E-state index in [-0.39, 0.29) is 18.2 Å². The fraction of sp³-hybridized carbons (Fsp3) is 0.583. The van der Waals surface area contributed by atoms with Gasteiger partial charge in [0, 0.05) is 6.54 Å². The molecule has 2 unspecified atom stereocenters. The van der Waals surface area contributed by atoms with Crippen molar-refractivity contribution in [1.82, 2.24) is 19.9 Å². The van der Waals surface area contributed by atoms with Crippen LogP contribution in [0, 0.1) is 5.92 Å². The largest absolute Gasteiger partial charge is 0.480 e. The van der Waals surface area contributed by atoms with Gasteiger partial charge in [-0.25, -0.2) is 9.48 Å². The van der Waals surface area contributed by atoms with E-state index in [1.54, 1.807) is 0 Å². The van der Waals surface area contributed by atoms with Crippen LogP contribution in [0.15, 0.2) is 6.20 Å². The van der Waals surface area contributed by atoms with Gasteiger partial charge in [0.1, 0.15) is 12.6 Å². The molecule has 0 aromatic carbocycles. The maximum atomic E-state index is 12.4. The van der Waals surface area contributed by atoms with Gasteiger partial charge in [0.2, 0.25) is 5.91 Å². The molecule has 21 heavy (non-hydrogen) atoms. The van der Waals surface area contributed by atoms with E-state index in [0.29, 0.717) is 6.54 Å². The topological polar surface area (TPSA) is 131 Å². The van der Waals surface area contributed by atoms with Crippen LogP contribution >= 0.6 is 0 Å². The second-order valence-electron chi connectivity index (χ2n) is 5.17. The first-order valence-electron chi connectivity index (χ1n) is 6.62. The Bertz CT molecular complexity index is 570. The van der Waals surface area contributed by atoms with E-state index in [2.05, 4.69) is 10.3 Å². The van der Waals surface area contributed by atoms with Crippen molar-refractivity contribution in [1.29, 1.82) is 0 Å². The second-order valence-corrected chi connectivity index (χ2v) is 5.17. The van der Waals surface area contributed by atoms with Gasteiger partial charge in [-0.1, -0.05) is 12.1 Å². The van der Waals surface area contributed by atoms with Crippen molar-refractivity contribution in [2.24, 2.45) is 11.7 Å². The van der Waals surface area contributed by atoms with Crippen LogP contribution in [0.4, 0.5) is 0 Å². The molecule has 1 aliphatic heterocycles. The van der Waals surface area contributed by atoms with Crippen LogP contribution in [-0.2, 0) is 16.1 Å². The van der Waals surface area contributed by atoms with Gasteiger partial charge < -0.3 is 15.7 Å². The van der Waals surface area contributed by atoms with Crippen LogP contribution in [0.25, 0.3) is 0 Å². The summed E-state index contributed by atoms with van der Waals surface area (Å²) < 4.78 is 1.15. The Morgan fingerprint density at radius 2 is 2.19 bits per heavy atom. The molecule has 2 atom stereocenters. The Morgan fingerprint density at radius 3 is 2.81 bits per heavy atom. The number of hydrogen-bond acceptors (Lipinski definition) is 5. The highest BCUT2D eigenvalue weighted by Gasteiger charge is 2.38. The second kappa shape index (κ2) is 5.90. The van der Waals surface area contributed by atoms with Gasteiger partial charge in [-0.05, 0) is 18.8 Å². The quantitative estimate of drug-likeness (QED) is 0.739. The molecule has 9 nitrogen and oxygen atoms in total. The van der Waals surface area contributed by atoms with Crippen molar-refractivity contribution < 1.29 is 19.5 Å². The number of nitrogens with zero attached hydrogens (tertiary/aromatic N) is 4. The van der Waals surface area contributed by atoms with E-state index in [9.17, 15) is 19.5 Å². The summed E-state index contributed by atoms with van der Waals surface area (Å²) in [6, 6.07) is -0.868. The number of piperidine rings is 1. The van der Waals surface area contributed by atoms with Crippen LogP contribution in [0.3, 0.4) is 0 Å². The van der Waals surface area contributed by atoms with Crippen LogP contribution in [0.1, 0.15) is 30.3 Å². The lowest BCUT2D eigenvalue weighted by Crippen LogP contribution is -2.52. The number of aromatic nitrogens is 3. The molecule has 1 aromatic rings. The predicted octanol–water partition coefficient (Wildman–Crippen LogP) is -0.911. The molecule has 0 saturated carbocycles. The fourth-order valence-corrected chi connectivity index (χ4v) is 2.57. The number of hydrogen-bond donors (Lipinski definition) is 2. The summed E-state index contributed by atoms with van der Waals surface area (Å²) in [5, 5.41) is 16.6. The molecule has 3 N–H and O–H groups in total. The first-order chi connectivity index (χ1) is 9.90. The normalized spacial score (nSPS) is 22.0. The van der Waals surface area contributed by atoms with E-state index in [1.165, 1.54) is 11.1 Å². The average molecular weight is 295 g/mol. The number of aliphatic carboxylic acids is 1. The average Bonchev–Trinajstić information content (AvgIpc) is 2.84. The first kappa shape index (κ1) is 14.9. The Labute approximate surface area is 120 Å². The zero-order valence-electron chi connectivity index (χ0n) is 11.6. The molecule has 1 fully saturated rings. The highest BCUT2D eigenvalue weighted by Crippen LogP contribution is 2.24. The standard InChI is InChI=1S/C12H17N5O4/c1-7-3-2-4-17(10(7)12(20)21)11(19)8-5-16(15-14-8)6-9(13)18/h5,7,10H,2-4,6H2,1H3,(H2,13,18)(H,20,21). The molecular weight excluding hydrogens is 278 g/mol. The highest BCUT2D eigenvalue weighted by molar-refractivity contribution is 5.95. The molecule has 0 aliphatic carbocycles. The minimum atomic E-state index is -1.03.